The normalized spacial score (nSPS) is 12.2. The molecule has 4 nitrogen and oxygen atoms in total. The van der Waals surface area contributed by atoms with Crippen LogP contribution in [-0.2, 0) is 12.4 Å². The lowest BCUT2D eigenvalue weighted by Crippen LogP contribution is -2.07. The number of nitrogens with one attached hydrogen (secondary N) is 1. The molecule has 0 spiro atoms. The van der Waals surface area contributed by atoms with E-state index in [2.05, 4.69) is 20.3 Å². The summed E-state index contributed by atoms with van der Waals surface area (Å²) in [7, 11) is 0. The SMILES string of the molecule is FC(F)(F)c1ccc(Nc2nc(Cl)nc3nc(-c4ccccc4C(F)(F)F)ccc23)cc1. The number of hydrogen-bond acceptors (Lipinski definition) is 4. The van der Waals surface area contributed by atoms with E-state index in [1.165, 1.54) is 42.5 Å². The Balaban J connectivity index is 1.75. The van der Waals surface area contributed by atoms with Gasteiger partial charge in [-0.3, -0.25) is 0 Å². The molecular weight excluding hydrogens is 458 g/mol. The first-order chi connectivity index (χ1) is 15.0. The maximum absolute atomic E-state index is 13.4. The average molecular weight is 469 g/mol. The summed E-state index contributed by atoms with van der Waals surface area (Å²) in [5.74, 6) is 0.142. The molecular formula is C21H11ClF6N4. The summed E-state index contributed by atoms with van der Waals surface area (Å²) < 4.78 is 78.3. The highest BCUT2D eigenvalue weighted by Gasteiger charge is 2.33. The minimum Gasteiger partial charge on any atom is -0.340 e. The molecule has 2 aromatic heterocycles. The highest BCUT2D eigenvalue weighted by atomic mass is 35.5. The van der Waals surface area contributed by atoms with Crippen LogP contribution in [0.1, 0.15) is 11.1 Å². The maximum atomic E-state index is 13.4. The summed E-state index contributed by atoms with van der Waals surface area (Å²) in [6.45, 7) is 0. The topological polar surface area (TPSA) is 50.7 Å². The minimum absolute atomic E-state index is 0.0221. The number of nitrogens with zero attached hydrogens (tertiary/aromatic N) is 3. The second kappa shape index (κ2) is 7.94. The molecule has 11 heteroatoms. The van der Waals surface area contributed by atoms with Crippen LogP contribution in [0.15, 0.2) is 60.7 Å². The summed E-state index contributed by atoms with van der Waals surface area (Å²) in [5.41, 5.74) is -1.46. The van der Waals surface area contributed by atoms with E-state index < -0.39 is 23.5 Å². The van der Waals surface area contributed by atoms with Crippen molar-refractivity contribution in [3.8, 4) is 11.3 Å². The lowest BCUT2D eigenvalue weighted by molar-refractivity contribution is -0.138. The summed E-state index contributed by atoms with van der Waals surface area (Å²) >= 11 is 5.95. The third kappa shape index (κ3) is 4.45. The highest BCUT2D eigenvalue weighted by molar-refractivity contribution is 6.28. The number of rotatable bonds is 3. The van der Waals surface area contributed by atoms with Gasteiger partial charge >= 0.3 is 12.4 Å². The molecule has 0 atom stereocenters. The number of hydrogen-bond donors (Lipinski definition) is 1. The molecule has 0 aliphatic carbocycles. The van der Waals surface area contributed by atoms with Gasteiger partial charge in [-0.15, -0.1) is 0 Å². The van der Waals surface area contributed by atoms with Gasteiger partial charge in [-0.25, -0.2) is 4.98 Å². The van der Waals surface area contributed by atoms with Crippen LogP contribution in [0.4, 0.5) is 37.8 Å². The van der Waals surface area contributed by atoms with Crippen LogP contribution >= 0.6 is 11.6 Å². The van der Waals surface area contributed by atoms with Crippen molar-refractivity contribution in [3.05, 3.63) is 77.1 Å². The van der Waals surface area contributed by atoms with Crippen molar-refractivity contribution >= 4 is 34.1 Å². The van der Waals surface area contributed by atoms with Crippen LogP contribution in [0.5, 0.6) is 0 Å². The molecule has 1 N–H and O–H groups in total. The van der Waals surface area contributed by atoms with Gasteiger partial charge in [0, 0.05) is 11.3 Å². The van der Waals surface area contributed by atoms with Crippen LogP contribution in [-0.4, -0.2) is 15.0 Å². The van der Waals surface area contributed by atoms with Crippen LogP contribution in [0.3, 0.4) is 0 Å². The van der Waals surface area contributed by atoms with Crippen molar-refractivity contribution in [2.24, 2.45) is 0 Å². The smallest absolute Gasteiger partial charge is 0.340 e. The number of aromatic nitrogens is 3. The molecule has 0 radical (unpaired) electrons. The molecule has 0 aliphatic rings. The molecule has 0 amide bonds. The number of anilines is 2. The Morgan fingerprint density at radius 3 is 2.06 bits per heavy atom. The number of fused-ring (bicyclic) bond motifs is 1. The van der Waals surface area contributed by atoms with Gasteiger partial charge in [0.25, 0.3) is 0 Å². The van der Waals surface area contributed by atoms with E-state index in [1.54, 1.807) is 0 Å². The van der Waals surface area contributed by atoms with Crippen molar-refractivity contribution in [2.45, 2.75) is 12.4 Å². The largest absolute Gasteiger partial charge is 0.417 e. The highest BCUT2D eigenvalue weighted by Crippen LogP contribution is 2.37. The fourth-order valence-corrected chi connectivity index (χ4v) is 3.23. The quantitative estimate of drug-likeness (QED) is 0.257. The van der Waals surface area contributed by atoms with Crippen molar-refractivity contribution < 1.29 is 26.3 Å². The summed E-state index contributed by atoms with van der Waals surface area (Å²) in [6.07, 6.45) is -9.05. The Hall–Kier alpha value is -3.40. The standard InChI is InChI=1S/C21H11ClF6N4/c22-19-31-17(29-12-7-5-11(6-8-12)20(23,24)25)14-9-10-16(30-18(14)32-19)13-3-1-2-4-15(13)21(26,27)28/h1-10H,(H,29,30,31,32). The van der Waals surface area contributed by atoms with Gasteiger partial charge in [0.2, 0.25) is 5.28 Å². The predicted molar refractivity (Wildman–Crippen MR) is 108 cm³/mol. The second-order valence-electron chi connectivity index (χ2n) is 6.65. The molecule has 0 saturated carbocycles. The number of benzene rings is 2. The maximum Gasteiger partial charge on any atom is 0.417 e. The molecule has 0 bridgehead atoms. The molecule has 0 aliphatic heterocycles. The monoisotopic (exact) mass is 468 g/mol. The molecule has 32 heavy (non-hydrogen) atoms. The van der Waals surface area contributed by atoms with Crippen LogP contribution in [0.2, 0.25) is 5.28 Å². The van der Waals surface area contributed by atoms with Gasteiger partial charge in [-0.05, 0) is 54.1 Å². The van der Waals surface area contributed by atoms with Crippen LogP contribution < -0.4 is 5.32 Å². The Morgan fingerprint density at radius 2 is 1.41 bits per heavy atom. The predicted octanol–water partition coefficient (Wildman–Crippen LogP) is 7.13. The van der Waals surface area contributed by atoms with Gasteiger partial charge in [0.1, 0.15) is 5.82 Å². The Labute approximate surface area is 181 Å². The van der Waals surface area contributed by atoms with E-state index >= 15 is 0 Å². The first kappa shape index (κ1) is 21.8. The molecule has 0 unspecified atom stereocenters. The fraction of sp³-hybridized carbons (Fsp3) is 0.0952. The molecule has 0 fully saturated rings. The van der Waals surface area contributed by atoms with Gasteiger partial charge in [-0.1, -0.05) is 18.2 Å². The van der Waals surface area contributed by atoms with E-state index in [9.17, 15) is 26.3 Å². The summed E-state index contributed by atoms with van der Waals surface area (Å²) in [5, 5.41) is 2.92. The zero-order chi connectivity index (χ0) is 23.1. The molecule has 2 heterocycles. The second-order valence-corrected chi connectivity index (χ2v) is 6.99. The average Bonchev–Trinajstić information content (AvgIpc) is 2.72. The van der Waals surface area contributed by atoms with Crippen LogP contribution in [0.25, 0.3) is 22.3 Å². The first-order valence-corrected chi connectivity index (χ1v) is 9.35. The lowest BCUT2D eigenvalue weighted by atomic mass is 10.0. The molecule has 164 valence electrons. The van der Waals surface area contributed by atoms with E-state index in [1.807, 2.05) is 0 Å². The van der Waals surface area contributed by atoms with E-state index in [-0.39, 0.29) is 28.0 Å². The lowest BCUT2D eigenvalue weighted by Gasteiger charge is -2.13. The molecule has 4 rings (SSSR count). The van der Waals surface area contributed by atoms with Gasteiger partial charge in [0.15, 0.2) is 5.65 Å². The van der Waals surface area contributed by atoms with Crippen molar-refractivity contribution in [3.63, 3.8) is 0 Å². The Morgan fingerprint density at radius 1 is 0.719 bits per heavy atom. The number of alkyl halides is 6. The zero-order valence-electron chi connectivity index (χ0n) is 15.8. The summed E-state index contributed by atoms with van der Waals surface area (Å²) in [6, 6.07) is 12.1. The first-order valence-electron chi connectivity index (χ1n) is 8.97. The van der Waals surface area contributed by atoms with Crippen molar-refractivity contribution in [1.82, 2.24) is 15.0 Å². The zero-order valence-corrected chi connectivity index (χ0v) is 16.5. The fourth-order valence-electron chi connectivity index (χ4n) is 3.06. The molecule has 2 aromatic carbocycles. The summed E-state index contributed by atoms with van der Waals surface area (Å²) in [4.78, 5) is 12.2. The van der Waals surface area contributed by atoms with E-state index in [0.29, 0.717) is 11.1 Å². The number of pyridine rings is 1. The van der Waals surface area contributed by atoms with Gasteiger partial charge in [0.05, 0.1) is 22.2 Å². The Kier molecular flexibility index (Phi) is 5.41. The third-order valence-electron chi connectivity index (χ3n) is 4.52. The van der Waals surface area contributed by atoms with Crippen LogP contribution in [0, 0.1) is 0 Å². The van der Waals surface area contributed by atoms with Crippen molar-refractivity contribution in [2.75, 3.05) is 5.32 Å². The minimum atomic E-state index is -4.58. The third-order valence-corrected chi connectivity index (χ3v) is 4.68. The van der Waals surface area contributed by atoms with Crippen molar-refractivity contribution in [1.29, 1.82) is 0 Å². The van der Waals surface area contributed by atoms with E-state index in [0.717, 1.165) is 18.2 Å². The number of halogens is 7. The molecule has 0 saturated heterocycles. The molecule has 4 aromatic rings. The Bertz CT molecular complexity index is 1290. The van der Waals surface area contributed by atoms with Gasteiger partial charge in [-0.2, -0.15) is 36.3 Å². The van der Waals surface area contributed by atoms with E-state index in [4.69, 9.17) is 11.6 Å². The van der Waals surface area contributed by atoms with Gasteiger partial charge < -0.3 is 5.32 Å².